The monoisotopic (exact) mass is 472 g/mol. The first kappa shape index (κ1) is 23.9. The highest BCUT2D eigenvalue weighted by molar-refractivity contribution is 7.98. The van der Waals surface area contributed by atoms with Crippen molar-refractivity contribution in [2.45, 2.75) is 26.1 Å². The van der Waals surface area contributed by atoms with Crippen LogP contribution in [-0.2, 0) is 22.3 Å². The number of carbonyl (C=O) groups is 1. The standard InChI is InChI=1S/C24H28N2O4S2/c1-18-6-11-22(15-19(18)2)26(32(3,28)29)16-20-7-9-21(10-8-20)24(27)25-12-14-31-17-23-5-4-13-30-23/h4-11,13,15H,12,14,16-17H2,1-3H3,(H,25,27). The average Bonchev–Trinajstić information content (AvgIpc) is 3.27. The van der Waals surface area contributed by atoms with Crippen molar-refractivity contribution in [2.75, 3.05) is 22.9 Å². The third-order valence-electron chi connectivity index (χ3n) is 5.08. The number of nitrogens with one attached hydrogen (secondary N) is 1. The number of aryl methyl sites for hydroxylation is 2. The number of amides is 1. The Hall–Kier alpha value is -2.71. The van der Waals surface area contributed by atoms with Crippen LogP contribution in [0.3, 0.4) is 0 Å². The number of anilines is 1. The number of thioether (sulfide) groups is 1. The quantitative estimate of drug-likeness (QED) is 0.439. The van der Waals surface area contributed by atoms with E-state index in [9.17, 15) is 13.2 Å². The lowest BCUT2D eigenvalue weighted by Crippen LogP contribution is -2.29. The van der Waals surface area contributed by atoms with E-state index in [1.165, 1.54) is 10.6 Å². The first-order valence-corrected chi connectivity index (χ1v) is 13.3. The molecule has 0 aliphatic heterocycles. The molecular formula is C24H28N2O4S2. The van der Waals surface area contributed by atoms with Crippen LogP contribution in [0.4, 0.5) is 5.69 Å². The lowest BCUT2D eigenvalue weighted by Gasteiger charge is -2.23. The highest BCUT2D eigenvalue weighted by atomic mass is 32.2. The Labute approximate surface area is 194 Å². The van der Waals surface area contributed by atoms with Crippen molar-refractivity contribution in [3.8, 4) is 0 Å². The molecule has 1 aromatic heterocycles. The molecule has 3 rings (SSSR count). The summed E-state index contributed by atoms with van der Waals surface area (Å²) in [5, 5.41) is 2.90. The lowest BCUT2D eigenvalue weighted by atomic mass is 10.1. The van der Waals surface area contributed by atoms with Crippen molar-refractivity contribution < 1.29 is 17.6 Å². The van der Waals surface area contributed by atoms with Gasteiger partial charge in [0.05, 0.1) is 30.5 Å². The topological polar surface area (TPSA) is 79.6 Å². The van der Waals surface area contributed by atoms with Crippen LogP contribution in [0.5, 0.6) is 0 Å². The van der Waals surface area contributed by atoms with Gasteiger partial charge in [-0.15, -0.1) is 0 Å². The Morgan fingerprint density at radius 3 is 2.44 bits per heavy atom. The molecule has 32 heavy (non-hydrogen) atoms. The molecule has 1 heterocycles. The van der Waals surface area contributed by atoms with Crippen LogP contribution in [0.1, 0.15) is 32.8 Å². The van der Waals surface area contributed by atoms with Gasteiger partial charge in [0.2, 0.25) is 10.0 Å². The van der Waals surface area contributed by atoms with Crippen molar-refractivity contribution in [1.82, 2.24) is 5.32 Å². The smallest absolute Gasteiger partial charge is 0.251 e. The Balaban J connectivity index is 1.57. The number of carbonyl (C=O) groups excluding carboxylic acids is 1. The highest BCUT2D eigenvalue weighted by Crippen LogP contribution is 2.23. The second-order valence-corrected chi connectivity index (χ2v) is 10.6. The fourth-order valence-corrected chi connectivity index (χ4v) is 4.75. The molecule has 0 unspecified atom stereocenters. The summed E-state index contributed by atoms with van der Waals surface area (Å²) in [6.07, 6.45) is 2.85. The molecule has 0 aliphatic carbocycles. The SMILES string of the molecule is Cc1ccc(N(Cc2ccc(C(=O)NCCSCc3ccco3)cc2)S(C)(=O)=O)cc1C. The molecule has 0 radical (unpaired) electrons. The molecule has 0 bridgehead atoms. The van der Waals surface area contributed by atoms with E-state index in [-0.39, 0.29) is 12.5 Å². The summed E-state index contributed by atoms with van der Waals surface area (Å²) in [5.41, 5.74) is 4.12. The van der Waals surface area contributed by atoms with E-state index >= 15 is 0 Å². The Bertz CT molecular complexity index is 1140. The molecule has 0 atom stereocenters. The molecule has 0 fully saturated rings. The van der Waals surface area contributed by atoms with E-state index in [0.717, 1.165) is 34.0 Å². The maximum atomic E-state index is 12.4. The summed E-state index contributed by atoms with van der Waals surface area (Å²) in [6, 6.07) is 16.4. The molecule has 0 saturated carbocycles. The molecule has 3 aromatic rings. The predicted molar refractivity (Wildman–Crippen MR) is 131 cm³/mol. The number of nitrogens with zero attached hydrogens (tertiary/aromatic N) is 1. The molecule has 0 spiro atoms. The first-order chi connectivity index (χ1) is 15.2. The Morgan fingerprint density at radius 1 is 1.06 bits per heavy atom. The Kier molecular flexibility index (Phi) is 8.04. The van der Waals surface area contributed by atoms with Gasteiger partial charge in [-0.1, -0.05) is 18.2 Å². The van der Waals surface area contributed by atoms with Gasteiger partial charge in [-0.3, -0.25) is 9.10 Å². The minimum Gasteiger partial charge on any atom is -0.468 e. The van der Waals surface area contributed by atoms with Crippen LogP contribution in [0, 0.1) is 13.8 Å². The van der Waals surface area contributed by atoms with E-state index in [0.29, 0.717) is 17.8 Å². The van der Waals surface area contributed by atoms with Crippen LogP contribution in [0.15, 0.2) is 65.3 Å². The normalized spacial score (nSPS) is 11.3. The van der Waals surface area contributed by atoms with Gasteiger partial charge < -0.3 is 9.73 Å². The molecule has 8 heteroatoms. The maximum Gasteiger partial charge on any atom is 0.251 e. The van der Waals surface area contributed by atoms with Gasteiger partial charge in [-0.25, -0.2) is 8.42 Å². The number of furan rings is 1. The highest BCUT2D eigenvalue weighted by Gasteiger charge is 2.18. The van der Waals surface area contributed by atoms with Crippen LogP contribution < -0.4 is 9.62 Å². The summed E-state index contributed by atoms with van der Waals surface area (Å²) in [4.78, 5) is 12.4. The fourth-order valence-electron chi connectivity index (χ4n) is 3.11. The lowest BCUT2D eigenvalue weighted by molar-refractivity contribution is 0.0956. The van der Waals surface area contributed by atoms with Crippen LogP contribution in [-0.4, -0.2) is 32.9 Å². The van der Waals surface area contributed by atoms with Crippen molar-refractivity contribution >= 4 is 33.4 Å². The van der Waals surface area contributed by atoms with Crippen molar-refractivity contribution in [3.05, 3.63) is 88.9 Å². The molecule has 170 valence electrons. The minimum absolute atomic E-state index is 0.149. The number of benzene rings is 2. The summed E-state index contributed by atoms with van der Waals surface area (Å²) >= 11 is 1.69. The van der Waals surface area contributed by atoms with Gasteiger partial charge >= 0.3 is 0 Å². The van der Waals surface area contributed by atoms with Gasteiger partial charge in [0, 0.05) is 17.9 Å². The molecule has 1 amide bonds. The zero-order valence-corrected chi connectivity index (χ0v) is 20.1. The first-order valence-electron chi connectivity index (χ1n) is 10.3. The molecule has 0 saturated heterocycles. The van der Waals surface area contributed by atoms with E-state index in [1.54, 1.807) is 42.3 Å². The van der Waals surface area contributed by atoms with E-state index in [1.807, 2.05) is 44.2 Å². The zero-order chi connectivity index (χ0) is 23.1. The van der Waals surface area contributed by atoms with E-state index < -0.39 is 10.0 Å². The van der Waals surface area contributed by atoms with Gasteiger partial charge in [-0.2, -0.15) is 11.8 Å². The molecule has 2 aromatic carbocycles. The van der Waals surface area contributed by atoms with E-state index in [4.69, 9.17) is 4.42 Å². The van der Waals surface area contributed by atoms with Crippen LogP contribution in [0.25, 0.3) is 0 Å². The average molecular weight is 473 g/mol. The number of hydrogen-bond donors (Lipinski definition) is 1. The van der Waals surface area contributed by atoms with Gasteiger partial charge in [0.1, 0.15) is 5.76 Å². The van der Waals surface area contributed by atoms with Gasteiger partial charge in [-0.05, 0) is 66.9 Å². The largest absolute Gasteiger partial charge is 0.468 e. The fraction of sp³-hybridized carbons (Fsp3) is 0.292. The minimum atomic E-state index is -3.46. The molecule has 6 nitrogen and oxygen atoms in total. The van der Waals surface area contributed by atoms with Crippen LogP contribution >= 0.6 is 11.8 Å². The van der Waals surface area contributed by atoms with Crippen molar-refractivity contribution in [1.29, 1.82) is 0 Å². The predicted octanol–water partition coefficient (Wildman–Crippen LogP) is 4.53. The summed E-state index contributed by atoms with van der Waals surface area (Å²) in [5.74, 6) is 2.32. The zero-order valence-electron chi connectivity index (χ0n) is 18.5. The summed E-state index contributed by atoms with van der Waals surface area (Å²) in [6.45, 7) is 4.71. The summed E-state index contributed by atoms with van der Waals surface area (Å²) < 4.78 is 31.5. The van der Waals surface area contributed by atoms with Gasteiger partial charge in [0.15, 0.2) is 0 Å². The third kappa shape index (κ3) is 6.64. The summed E-state index contributed by atoms with van der Waals surface area (Å²) in [7, 11) is -3.46. The van der Waals surface area contributed by atoms with Crippen molar-refractivity contribution in [2.24, 2.45) is 0 Å². The second-order valence-electron chi connectivity index (χ2n) is 7.62. The second kappa shape index (κ2) is 10.7. The van der Waals surface area contributed by atoms with E-state index in [2.05, 4.69) is 5.32 Å². The number of rotatable bonds is 10. The molecule has 0 aliphatic rings. The molecular weight excluding hydrogens is 444 g/mol. The van der Waals surface area contributed by atoms with Crippen molar-refractivity contribution in [3.63, 3.8) is 0 Å². The van der Waals surface area contributed by atoms with Crippen LogP contribution in [0.2, 0.25) is 0 Å². The maximum absolute atomic E-state index is 12.4. The number of sulfonamides is 1. The Morgan fingerprint density at radius 2 is 1.81 bits per heavy atom. The third-order valence-corrected chi connectivity index (χ3v) is 7.20. The van der Waals surface area contributed by atoms with Gasteiger partial charge in [0.25, 0.3) is 5.91 Å². The number of hydrogen-bond acceptors (Lipinski definition) is 5. The molecule has 1 N–H and O–H groups in total.